The highest BCUT2D eigenvalue weighted by molar-refractivity contribution is 5.95. The summed E-state index contributed by atoms with van der Waals surface area (Å²) in [4.78, 5) is 26.1. The maximum absolute atomic E-state index is 11.9. The summed E-state index contributed by atoms with van der Waals surface area (Å²) in [7, 11) is 0. The van der Waals surface area contributed by atoms with Crippen molar-refractivity contribution < 1.29 is 9.72 Å². The van der Waals surface area contributed by atoms with E-state index < -0.39 is 10.8 Å². The Morgan fingerprint density at radius 3 is 2.80 bits per heavy atom. The summed E-state index contributed by atoms with van der Waals surface area (Å²) in [6.45, 7) is 0.248. The highest BCUT2D eigenvalue weighted by Crippen LogP contribution is 2.22. The lowest BCUT2D eigenvalue weighted by atomic mass is 10.1. The number of hydrogen-bond acceptors (Lipinski definition) is 5. The number of carbonyl (C=O) groups excluding carboxylic acids is 1. The minimum Gasteiger partial charge on any atom is -0.393 e. The first-order valence-electron chi connectivity index (χ1n) is 5.80. The van der Waals surface area contributed by atoms with E-state index in [1.807, 2.05) is 6.07 Å². The number of aromatic nitrogens is 1. The molecule has 7 nitrogen and oxygen atoms in total. The third-order valence-corrected chi connectivity index (χ3v) is 2.65. The average Bonchev–Trinajstić information content (AvgIpc) is 2.46. The van der Waals surface area contributed by atoms with E-state index in [1.54, 1.807) is 18.3 Å². The predicted molar refractivity (Wildman–Crippen MR) is 72.9 cm³/mol. The third kappa shape index (κ3) is 3.08. The number of nitro groups is 1. The molecule has 0 atom stereocenters. The van der Waals surface area contributed by atoms with E-state index in [-0.39, 0.29) is 23.5 Å². The molecule has 0 spiro atoms. The van der Waals surface area contributed by atoms with Gasteiger partial charge in [0, 0.05) is 17.8 Å². The molecule has 1 aromatic heterocycles. The summed E-state index contributed by atoms with van der Waals surface area (Å²) >= 11 is 0. The molecule has 0 unspecified atom stereocenters. The normalized spacial score (nSPS) is 10.0. The second-order valence-electron chi connectivity index (χ2n) is 4.03. The fourth-order valence-corrected chi connectivity index (χ4v) is 1.62. The Morgan fingerprint density at radius 2 is 2.15 bits per heavy atom. The molecular weight excluding hydrogens is 260 g/mol. The fourth-order valence-electron chi connectivity index (χ4n) is 1.62. The van der Waals surface area contributed by atoms with Crippen LogP contribution < -0.4 is 11.1 Å². The van der Waals surface area contributed by atoms with Crippen molar-refractivity contribution in [3.8, 4) is 0 Å². The number of nitro benzene ring substituents is 1. The molecule has 7 heteroatoms. The summed E-state index contributed by atoms with van der Waals surface area (Å²) in [6, 6.07) is 9.29. The van der Waals surface area contributed by atoms with Crippen molar-refractivity contribution in [1.29, 1.82) is 0 Å². The van der Waals surface area contributed by atoms with E-state index in [0.29, 0.717) is 5.69 Å². The second kappa shape index (κ2) is 5.79. The predicted octanol–water partition coefficient (Wildman–Crippen LogP) is 1.50. The van der Waals surface area contributed by atoms with Crippen LogP contribution >= 0.6 is 0 Å². The second-order valence-corrected chi connectivity index (χ2v) is 4.03. The van der Waals surface area contributed by atoms with Gasteiger partial charge >= 0.3 is 0 Å². The van der Waals surface area contributed by atoms with Crippen molar-refractivity contribution in [2.24, 2.45) is 0 Å². The maximum atomic E-state index is 11.9. The summed E-state index contributed by atoms with van der Waals surface area (Å²) in [6.07, 6.45) is 1.62. The molecule has 0 aliphatic rings. The van der Waals surface area contributed by atoms with Gasteiger partial charge in [-0.2, -0.15) is 0 Å². The molecule has 2 aromatic rings. The van der Waals surface area contributed by atoms with E-state index in [1.165, 1.54) is 12.1 Å². The van der Waals surface area contributed by atoms with Gasteiger partial charge in [-0.15, -0.1) is 0 Å². The Morgan fingerprint density at radius 1 is 1.35 bits per heavy atom. The summed E-state index contributed by atoms with van der Waals surface area (Å²) in [5.41, 5.74) is 6.10. The van der Waals surface area contributed by atoms with Crippen LogP contribution in [0.4, 0.5) is 11.4 Å². The van der Waals surface area contributed by atoms with Gasteiger partial charge in [-0.05, 0) is 24.3 Å². The molecule has 102 valence electrons. The first-order valence-corrected chi connectivity index (χ1v) is 5.80. The Labute approximate surface area is 114 Å². The molecule has 0 bridgehead atoms. The lowest BCUT2D eigenvalue weighted by Crippen LogP contribution is -2.23. The molecule has 1 heterocycles. The van der Waals surface area contributed by atoms with E-state index in [9.17, 15) is 14.9 Å². The van der Waals surface area contributed by atoms with Gasteiger partial charge in [-0.1, -0.05) is 6.07 Å². The van der Waals surface area contributed by atoms with Gasteiger partial charge in [0.15, 0.2) is 0 Å². The number of pyridine rings is 1. The molecular formula is C13H12N4O3. The number of benzene rings is 1. The topological polar surface area (TPSA) is 111 Å². The molecule has 0 fully saturated rings. The monoisotopic (exact) mass is 272 g/mol. The molecule has 0 aliphatic carbocycles. The van der Waals surface area contributed by atoms with Crippen LogP contribution in [-0.2, 0) is 6.54 Å². The van der Waals surface area contributed by atoms with E-state index >= 15 is 0 Å². The van der Waals surface area contributed by atoms with Crippen molar-refractivity contribution in [3.63, 3.8) is 0 Å². The number of amides is 1. The van der Waals surface area contributed by atoms with Crippen LogP contribution in [0.25, 0.3) is 0 Å². The minimum absolute atomic E-state index is 0.0243. The lowest BCUT2D eigenvalue weighted by Gasteiger charge is -2.05. The zero-order valence-corrected chi connectivity index (χ0v) is 10.4. The molecule has 0 radical (unpaired) electrons. The summed E-state index contributed by atoms with van der Waals surface area (Å²) in [5.74, 6) is -0.418. The van der Waals surface area contributed by atoms with E-state index in [0.717, 1.165) is 6.07 Å². The van der Waals surface area contributed by atoms with Crippen LogP contribution in [0.3, 0.4) is 0 Å². The van der Waals surface area contributed by atoms with Gasteiger partial charge in [0.05, 0.1) is 17.2 Å². The largest absolute Gasteiger partial charge is 0.393 e. The van der Waals surface area contributed by atoms with Gasteiger partial charge in [0.2, 0.25) is 0 Å². The Bertz CT molecular complexity index is 643. The molecule has 1 aromatic carbocycles. The van der Waals surface area contributed by atoms with Crippen LogP contribution in [0, 0.1) is 10.1 Å². The van der Waals surface area contributed by atoms with Gasteiger partial charge < -0.3 is 11.1 Å². The summed E-state index contributed by atoms with van der Waals surface area (Å²) in [5, 5.41) is 13.4. The number of carbonyl (C=O) groups is 1. The number of rotatable bonds is 4. The summed E-state index contributed by atoms with van der Waals surface area (Å²) < 4.78 is 0. The number of nitrogens with two attached hydrogens (primary N) is 1. The minimum atomic E-state index is -0.620. The Hall–Kier alpha value is -2.96. The van der Waals surface area contributed by atoms with E-state index in [4.69, 9.17) is 5.73 Å². The molecule has 20 heavy (non-hydrogen) atoms. The first kappa shape index (κ1) is 13.5. The van der Waals surface area contributed by atoms with Gasteiger partial charge in [-0.25, -0.2) is 0 Å². The molecule has 0 saturated carbocycles. The first-order chi connectivity index (χ1) is 9.58. The van der Waals surface area contributed by atoms with Crippen LogP contribution in [-0.4, -0.2) is 15.8 Å². The van der Waals surface area contributed by atoms with Crippen molar-refractivity contribution in [3.05, 3.63) is 64.0 Å². The van der Waals surface area contributed by atoms with Crippen LogP contribution in [0.15, 0.2) is 42.6 Å². The van der Waals surface area contributed by atoms with Gasteiger partial charge in [0.25, 0.3) is 11.6 Å². The lowest BCUT2D eigenvalue weighted by molar-refractivity contribution is -0.383. The maximum Gasteiger partial charge on any atom is 0.292 e. The van der Waals surface area contributed by atoms with Crippen molar-refractivity contribution in [1.82, 2.24) is 10.3 Å². The SMILES string of the molecule is Nc1ccc(C(=O)NCc2ccccn2)cc1[N+](=O)[O-]. The van der Waals surface area contributed by atoms with Gasteiger partial charge in [0.1, 0.15) is 5.69 Å². The number of hydrogen-bond donors (Lipinski definition) is 2. The Kier molecular flexibility index (Phi) is 3.90. The quantitative estimate of drug-likeness (QED) is 0.497. The molecule has 2 rings (SSSR count). The number of nitrogen functional groups attached to an aromatic ring is 1. The zero-order valence-electron chi connectivity index (χ0n) is 10.4. The Balaban J connectivity index is 2.10. The van der Waals surface area contributed by atoms with Crippen molar-refractivity contribution in [2.75, 3.05) is 5.73 Å². The van der Waals surface area contributed by atoms with E-state index in [2.05, 4.69) is 10.3 Å². The highest BCUT2D eigenvalue weighted by Gasteiger charge is 2.15. The third-order valence-electron chi connectivity index (χ3n) is 2.65. The van der Waals surface area contributed by atoms with Crippen LogP contribution in [0.1, 0.15) is 16.1 Å². The molecule has 3 N–H and O–H groups in total. The average molecular weight is 272 g/mol. The van der Waals surface area contributed by atoms with Crippen molar-refractivity contribution in [2.45, 2.75) is 6.54 Å². The molecule has 0 aliphatic heterocycles. The molecule has 1 amide bonds. The van der Waals surface area contributed by atoms with Gasteiger partial charge in [-0.3, -0.25) is 19.9 Å². The molecule has 0 saturated heterocycles. The zero-order chi connectivity index (χ0) is 14.5. The van der Waals surface area contributed by atoms with Crippen LogP contribution in [0.5, 0.6) is 0 Å². The van der Waals surface area contributed by atoms with Crippen molar-refractivity contribution >= 4 is 17.3 Å². The fraction of sp³-hybridized carbons (Fsp3) is 0.0769. The number of nitrogens with one attached hydrogen (secondary N) is 1. The smallest absolute Gasteiger partial charge is 0.292 e. The van der Waals surface area contributed by atoms with Crippen LogP contribution in [0.2, 0.25) is 0 Å². The number of anilines is 1. The standard InChI is InChI=1S/C13H12N4O3/c14-11-5-4-9(7-12(11)17(19)20)13(18)16-8-10-3-1-2-6-15-10/h1-7H,8,14H2,(H,16,18). The highest BCUT2D eigenvalue weighted by atomic mass is 16.6. The number of nitrogens with zero attached hydrogens (tertiary/aromatic N) is 2.